The maximum atomic E-state index is 11.9. The number of aliphatic hydroxyl groups is 1. The fourth-order valence-corrected chi connectivity index (χ4v) is 3.14. The molecular weight excluding hydrogens is 284 g/mol. The molecule has 3 N–H and O–H groups in total. The van der Waals surface area contributed by atoms with E-state index in [0.717, 1.165) is 38.5 Å². The largest absolute Gasteiger partial charge is 0.394 e. The Bertz CT molecular complexity index is 420. The zero-order valence-corrected chi connectivity index (χ0v) is 12.9. The minimum atomic E-state index is -0.405. The van der Waals surface area contributed by atoms with E-state index in [1.54, 1.807) is 0 Å². The number of aliphatic hydroxyl groups excluding tert-OH is 1. The zero-order valence-electron chi connectivity index (χ0n) is 12.9. The first-order valence-electron chi connectivity index (χ1n) is 8.51. The number of nitrogens with one attached hydrogen (secondary N) is 2. The molecule has 2 saturated carbocycles. The van der Waals surface area contributed by atoms with Crippen molar-refractivity contribution in [3.63, 3.8) is 0 Å². The third kappa shape index (κ3) is 3.98. The van der Waals surface area contributed by atoms with Gasteiger partial charge in [0.25, 0.3) is 0 Å². The third-order valence-electron chi connectivity index (χ3n) is 4.95. The van der Waals surface area contributed by atoms with Crippen molar-refractivity contribution in [3.05, 3.63) is 0 Å². The minimum Gasteiger partial charge on any atom is -0.394 e. The number of carbonyl (C=O) groups is 2. The van der Waals surface area contributed by atoms with Crippen molar-refractivity contribution < 1.29 is 19.4 Å². The summed E-state index contributed by atoms with van der Waals surface area (Å²) in [4.78, 5) is 23.8. The van der Waals surface area contributed by atoms with Gasteiger partial charge in [0.1, 0.15) is 6.10 Å². The molecule has 2 aliphatic carbocycles. The number of hydrogen-bond donors (Lipinski definition) is 3. The summed E-state index contributed by atoms with van der Waals surface area (Å²) in [7, 11) is 0. The number of ether oxygens (including phenoxy) is 1. The molecule has 0 aromatic heterocycles. The van der Waals surface area contributed by atoms with E-state index in [1.807, 2.05) is 0 Å². The molecule has 0 spiro atoms. The SMILES string of the molecule is O=C(C[C@H]1CC[C@@H](NC(=O)C2CC2)[C@H](CO)O1)NC1CCC1. The van der Waals surface area contributed by atoms with Gasteiger partial charge in [0.2, 0.25) is 11.8 Å². The van der Waals surface area contributed by atoms with Crippen LogP contribution in [-0.4, -0.2) is 47.8 Å². The topological polar surface area (TPSA) is 87.7 Å². The van der Waals surface area contributed by atoms with Gasteiger partial charge in [-0.3, -0.25) is 9.59 Å². The molecular formula is C16H26N2O4. The normalized spacial score (nSPS) is 32.1. The average molecular weight is 310 g/mol. The van der Waals surface area contributed by atoms with Crippen molar-refractivity contribution in [3.8, 4) is 0 Å². The summed E-state index contributed by atoms with van der Waals surface area (Å²) in [6.45, 7) is -0.129. The second-order valence-corrected chi connectivity index (χ2v) is 6.85. The molecule has 3 atom stereocenters. The number of hydrogen-bond acceptors (Lipinski definition) is 4. The summed E-state index contributed by atoms with van der Waals surface area (Å²) in [6, 6.07) is 0.208. The standard InChI is InChI=1S/C16H26N2O4/c19-9-14-13(18-16(21)10-4-5-10)7-6-12(22-14)8-15(20)17-11-2-1-3-11/h10-14,19H,1-9H2,(H,17,20)(H,18,21)/t12-,13-,14+/m1/s1. The summed E-state index contributed by atoms with van der Waals surface area (Å²) < 4.78 is 5.83. The molecule has 124 valence electrons. The Hall–Kier alpha value is -1.14. The van der Waals surface area contributed by atoms with Crippen LogP contribution in [0.15, 0.2) is 0 Å². The molecule has 3 aliphatic rings. The van der Waals surface area contributed by atoms with E-state index >= 15 is 0 Å². The second kappa shape index (κ2) is 6.96. The van der Waals surface area contributed by atoms with E-state index in [1.165, 1.54) is 6.42 Å². The van der Waals surface area contributed by atoms with Crippen LogP contribution in [0, 0.1) is 5.92 Å². The maximum absolute atomic E-state index is 11.9. The highest BCUT2D eigenvalue weighted by Gasteiger charge is 2.36. The molecule has 22 heavy (non-hydrogen) atoms. The quantitative estimate of drug-likeness (QED) is 0.666. The van der Waals surface area contributed by atoms with Gasteiger partial charge in [-0.25, -0.2) is 0 Å². The first-order valence-corrected chi connectivity index (χ1v) is 8.51. The van der Waals surface area contributed by atoms with Crippen LogP contribution in [0.3, 0.4) is 0 Å². The van der Waals surface area contributed by atoms with Gasteiger partial charge in [0, 0.05) is 12.0 Å². The molecule has 6 nitrogen and oxygen atoms in total. The molecule has 0 radical (unpaired) electrons. The summed E-state index contributed by atoms with van der Waals surface area (Å²) >= 11 is 0. The van der Waals surface area contributed by atoms with Crippen LogP contribution >= 0.6 is 0 Å². The van der Waals surface area contributed by atoms with Crippen LogP contribution in [0.1, 0.15) is 51.4 Å². The first kappa shape index (κ1) is 15.7. The predicted octanol–water partition coefficient (Wildman–Crippen LogP) is 0.480. The molecule has 1 aliphatic heterocycles. The molecule has 2 amide bonds. The number of rotatable bonds is 6. The Balaban J connectivity index is 1.43. The lowest BCUT2D eigenvalue weighted by Gasteiger charge is -2.36. The number of amides is 2. The molecule has 3 fully saturated rings. The maximum Gasteiger partial charge on any atom is 0.223 e. The summed E-state index contributed by atoms with van der Waals surface area (Å²) in [5, 5.41) is 15.5. The van der Waals surface area contributed by atoms with Crippen LogP contribution in [0.25, 0.3) is 0 Å². The zero-order chi connectivity index (χ0) is 15.5. The Morgan fingerprint density at radius 2 is 1.82 bits per heavy atom. The van der Waals surface area contributed by atoms with E-state index in [2.05, 4.69) is 10.6 Å². The lowest BCUT2D eigenvalue weighted by atomic mass is 9.92. The van der Waals surface area contributed by atoms with Crippen molar-refractivity contribution in [1.29, 1.82) is 0 Å². The van der Waals surface area contributed by atoms with Gasteiger partial charge >= 0.3 is 0 Å². The average Bonchev–Trinajstić information content (AvgIpc) is 3.29. The minimum absolute atomic E-state index is 0.0341. The fraction of sp³-hybridized carbons (Fsp3) is 0.875. The molecule has 1 saturated heterocycles. The monoisotopic (exact) mass is 310 g/mol. The van der Waals surface area contributed by atoms with Gasteiger partial charge in [-0.05, 0) is 44.9 Å². The van der Waals surface area contributed by atoms with Crippen molar-refractivity contribution in [2.75, 3.05) is 6.61 Å². The van der Waals surface area contributed by atoms with Gasteiger partial charge in [0.05, 0.1) is 25.2 Å². The highest BCUT2D eigenvalue weighted by Crippen LogP contribution is 2.30. The smallest absolute Gasteiger partial charge is 0.223 e. The third-order valence-corrected chi connectivity index (χ3v) is 4.95. The molecule has 6 heteroatoms. The summed E-state index contributed by atoms with van der Waals surface area (Å²) in [6.07, 6.45) is 6.55. The van der Waals surface area contributed by atoms with E-state index in [0.29, 0.717) is 12.5 Å². The molecule has 0 bridgehead atoms. The van der Waals surface area contributed by atoms with Gasteiger partial charge in [-0.2, -0.15) is 0 Å². The summed E-state index contributed by atoms with van der Waals surface area (Å²) in [5.41, 5.74) is 0. The second-order valence-electron chi connectivity index (χ2n) is 6.85. The lowest BCUT2D eigenvalue weighted by Crippen LogP contribution is -2.52. The van der Waals surface area contributed by atoms with Crippen LogP contribution in [0.5, 0.6) is 0 Å². The molecule has 0 unspecified atom stereocenters. The van der Waals surface area contributed by atoms with Crippen molar-refractivity contribution in [1.82, 2.24) is 10.6 Å². The molecule has 0 aromatic rings. The number of carbonyl (C=O) groups excluding carboxylic acids is 2. The van der Waals surface area contributed by atoms with Gasteiger partial charge < -0.3 is 20.5 Å². The Kier molecular flexibility index (Phi) is 4.98. The highest BCUT2D eigenvalue weighted by atomic mass is 16.5. The van der Waals surface area contributed by atoms with Crippen LogP contribution in [0.4, 0.5) is 0 Å². The molecule has 1 heterocycles. The van der Waals surface area contributed by atoms with Crippen molar-refractivity contribution in [2.45, 2.75) is 75.7 Å². The van der Waals surface area contributed by atoms with Crippen LogP contribution in [-0.2, 0) is 14.3 Å². The molecule has 0 aromatic carbocycles. The Morgan fingerprint density at radius 1 is 1.05 bits per heavy atom. The summed E-state index contributed by atoms with van der Waals surface area (Å²) in [5.74, 6) is 0.269. The van der Waals surface area contributed by atoms with E-state index in [4.69, 9.17) is 4.74 Å². The van der Waals surface area contributed by atoms with Gasteiger partial charge in [0.15, 0.2) is 0 Å². The van der Waals surface area contributed by atoms with Gasteiger partial charge in [-0.1, -0.05) is 0 Å². The highest BCUT2D eigenvalue weighted by molar-refractivity contribution is 5.81. The fourth-order valence-electron chi connectivity index (χ4n) is 3.14. The predicted molar refractivity (Wildman–Crippen MR) is 80.0 cm³/mol. The van der Waals surface area contributed by atoms with E-state index in [-0.39, 0.29) is 36.5 Å². The van der Waals surface area contributed by atoms with E-state index < -0.39 is 6.10 Å². The Labute approximate surface area is 131 Å². The van der Waals surface area contributed by atoms with Crippen molar-refractivity contribution >= 4 is 11.8 Å². The first-order chi connectivity index (χ1) is 10.7. The molecule has 3 rings (SSSR count). The van der Waals surface area contributed by atoms with Gasteiger partial charge in [-0.15, -0.1) is 0 Å². The lowest BCUT2D eigenvalue weighted by molar-refractivity contribution is -0.137. The Morgan fingerprint density at radius 3 is 2.41 bits per heavy atom. The van der Waals surface area contributed by atoms with Crippen LogP contribution < -0.4 is 10.6 Å². The van der Waals surface area contributed by atoms with E-state index in [9.17, 15) is 14.7 Å². The van der Waals surface area contributed by atoms with Crippen LogP contribution in [0.2, 0.25) is 0 Å². The van der Waals surface area contributed by atoms with Crippen molar-refractivity contribution in [2.24, 2.45) is 5.92 Å².